The van der Waals surface area contributed by atoms with Crippen molar-refractivity contribution in [3.8, 4) is 0 Å². The lowest BCUT2D eigenvalue weighted by atomic mass is 10.6. The molecule has 0 aromatic heterocycles. The highest BCUT2D eigenvalue weighted by Crippen LogP contribution is 2.19. The SMILES string of the molecule is CO[Si](CO)(CO)CCCSCCC[Si](CO)(OC)OC. The third-order valence-electron chi connectivity index (χ3n) is 3.76. The zero-order chi connectivity index (χ0) is 16.2. The first-order valence-electron chi connectivity index (χ1n) is 7.13. The van der Waals surface area contributed by atoms with E-state index in [1.165, 1.54) is 0 Å². The molecule has 0 aromatic carbocycles. The Labute approximate surface area is 134 Å². The van der Waals surface area contributed by atoms with Gasteiger partial charge in [-0.1, -0.05) is 0 Å². The zero-order valence-electron chi connectivity index (χ0n) is 13.3. The Bertz CT molecular complexity index is 211. The van der Waals surface area contributed by atoms with Crippen LogP contribution in [0.2, 0.25) is 12.1 Å². The number of aliphatic hydroxyl groups excluding tert-OH is 3. The van der Waals surface area contributed by atoms with Crippen LogP contribution in [-0.2, 0) is 13.3 Å². The van der Waals surface area contributed by atoms with Gasteiger partial charge in [-0.15, -0.1) is 0 Å². The minimum Gasteiger partial charge on any atom is -0.415 e. The number of hydrogen-bond donors (Lipinski definition) is 3. The molecule has 0 spiro atoms. The quantitative estimate of drug-likeness (QED) is 0.306. The molecule has 0 bridgehead atoms. The summed E-state index contributed by atoms with van der Waals surface area (Å²) in [6.45, 7) is 0. The van der Waals surface area contributed by atoms with Gasteiger partial charge < -0.3 is 28.6 Å². The summed E-state index contributed by atoms with van der Waals surface area (Å²) in [7, 11) is 0.0882. The normalized spacial score (nSPS) is 12.9. The second-order valence-electron chi connectivity index (χ2n) is 5.00. The van der Waals surface area contributed by atoms with Gasteiger partial charge in [-0.25, -0.2) is 0 Å². The van der Waals surface area contributed by atoms with Crippen molar-refractivity contribution in [3.05, 3.63) is 0 Å². The summed E-state index contributed by atoms with van der Waals surface area (Å²) in [6.07, 6.45) is 1.81. The summed E-state index contributed by atoms with van der Waals surface area (Å²) in [6, 6.07) is 1.56. The Hall–Kier alpha value is 0.544. The Kier molecular flexibility index (Phi) is 12.3. The van der Waals surface area contributed by atoms with Crippen molar-refractivity contribution in [3.63, 3.8) is 0 Å². The summed E-state index contributed by atoms with van der Waals surface area (Å²) in [5.74, 6) is 1.97. The van der Waals surface area contributed by atoms with Crippen LogP contribution in [0.3, 0.4) is 0 Å². The molecule has 0 saturated carbocycles. The molecule has 0 rings (SSSR count). The van der Waals surface area contributed by atoms with E-state index in [9.17, 15) is 15.3 Å². The van der Waals surface area contributed by atoms with Crippen LogP contribution in [0.1, 0.15) is 12.8 Å². The first kappa shape index (κ1) is 21.5. The Morgan fingerprint density at radius 2 is 1.29 bits per heavy atom. The molecule has 0 fully saturated rings. The third kappa shape index (κ3) is 7.57. The van der Waals surface area contributed by atoms with Gasteiger partial charge in [0.05, 0.1) is 18.7 Å². The van der Waals surface area contributed by atoms with Crippen molar-refractivity contribution in [2.75, 3.05) is 51.5 Å². The number of thioether (sulfide) groups is 1. The molecule has 128 valence electrons. The van der Waals surface area contributed by atoms with E-state index in [-0.39, 0.29) is 18.7 Å². The molecular weight excluding hydrogens is 328 g/mol. The van der Waals surface area contributed by atoms with E-state index in [0.29, 0.717) is 0 Å². The molecule has 0 amide bonds. The van der Waals surface area contributed by atoms with Gasteiger partial charge in [0, 0.05) is 21.3 Å². The molecule has 0 aliphatic rings. The molecular formula is C12H30O6SSi2. The lowest BCUT2D eigenvalue weighted by Crippen LogP contribution is -2.46. The van der Waals surface area contributed by atoms with Gasteiger partial charge in [-0.05, 0) is 36.4 Å². The molecule has 3 N–H and O–H groups in total. The number of aliphatic hydroxyl groups is 3. The van der Waals surface area contributed by atoms with Crippen molar-refractivity contribution in [1.82, 2.24) is 0 Å². The summed E-state index contributed by atoms with van der Waals surface area (Å²) < 4.78 is 16.0. The maximum absolute atomic E-state index is 9.34. The van der Waals surface area contributed by atoms with Crippen molar-refractivity contribution in [1.29, 1.82) is 0 Å². The number of hydrogen-bond acceptors (Lipinski definition) is 7. The van der Waals surface area contributed by atoms with E-state index in [1.807, 2.05) is 11.8 Å². The van der Waals surface area contributed by atoms with Gasteiger partial charge in [0.1, 0.15) is 0 Å². The second kappa shape index (κ2) is 12.0. The summed E-state index contributed by atoms with van der Waals surface area (Å²) in [5, 5.41) is 28.0. The van der Waals surface area contributed by atoms with Crippen LogP contribution in [0.4, 0.5) is 0 Å². The summed E-state index contributed by atoms with van der Waals surface area (Å²) in [4.78, 5) is 0. The average molecular weight is 359 g/mol. The molecule has 0 aromatic rings. The van der Waals surface area contributed by atoms with Gasteiger partial charge in [0.2, 0.25) is 8.32 Å². The summed E-state index contributed by atoms with van der Waals surface area (Å²) >= 11 is 1.83. The van der Waals surface area contributed by atoms with E-state index < -0.39 is 16.9 Å². The fraction of sp³-hybridized carbons (Fsp3) is 1.00. The Balaban J connectivity index is 3.78. The van der Waals surface area contributed by atoms with Crippen molar-refractivity contribution in [2.24, 2.45) is 0 Å². The fourth-order valence-electron chi connectivity index (χ4n) is 1.98. The Morgan fingerprint density at radius 3 is 1.67 bits per heavy atom. The van der Waals surface area contributed by atoms with Crippen LogP contribution in [-0.4, -0.2) is 83.7 Å². The van der Waals surface area contributed by atoms with Crippen LogP contribution < -0.4 is 0 Å². The predicted molar refractivity (Wildman–Crippen MR) is 90.0 cm³/mol. The predicted octanol–water partition coefficient (Wildman–Crippen LogP) is 0.421. The van der Waals surface area contributed by atoms with Crippen molar-refractivity contribution >= 4 is 28.6 Å². The minimum atomic E-state index is -2.37. The molecule has 0 aliphatic heterocycles. The standard InChI is InChI=1S/C12H30O6SSi2/c1-16-20(10-13,11-14)8-4-6-19-7-5-9-21(12-15,17-2)18-3/h13-15H,4-12H2,1-3H3. The van der Waals surface area contributed by atoms with Crippen molar-refractivity contribution < 1.29 is 28.6 Å². The maximum atomic E-state index is 9.34. The Morgan fingerprint density at radius 1 is 0.762 bits per heavy atom. The molecule has 0 heterocycles. The number of rotatable bonds is 14. The van der Waals surface area contributed by atoms with Crippen LogP contribution in [0.15, 0.2) is 0 Å². The smallest absolute Gasteiger partial charge is 0.364 e. The molecule has 0 aliphatic carbocycles. The van der Waals surface area contributed by atoms with E-state index in [0.717, 1.165) is 36.4 Å². The molecule has 21 heavy (non-hydrogen) atoms. The molecule has 6 nitrogen and oxygen atoms in total. The van der Waals surface area contributed by atoms with Crippen LogP contribution in [0.5, 0.6) is 0 Å². The van der Waals surface area contributed by atoms with E-state index in [4.69, 9.17) is 13.3 Å². The topological polar surface area (TPSA) is 88.4 Å². The van der Waals surface area contributed by atoms with Crippen LogP contribution in [0, 0.1) is 0 Å². The largest absolute Gasteiger partial charge is 0.415 e. The molecule has 0 radical (unpaired) electrons. The molecule has 0 unspecified atom stereocenters. The highest BCUT2D eigenvalue weighted by atomic mass is 32.2. The molecule has 0 atom stereocenters. The fourth-order valence-corrected chi connectivity index (χ4v) is 6.80. The van der Waals surface area contributed by atoms with Gasteiger partial charge in [0.25, 0.3) is 0 Å². The second-order valence-corrected chi connectivity index (χ2v) is 13.6. The van der Waals surface area contributed by atoms with Gasteiger partial charge in [0.15, 0.2) is 0 Å². The highest BCUT2D eigenvalue weighted by Gasteiger charge is 2.34. The van der Waals surface area contributed by atoms with E-state index in [2.05, 4.69) is 0 Å². The first-order valence-corrected chi connectivity index (χ1v) is 13.0. The van der Waals surface area contributed by atoms with E-state index in [1.54, 1.807) is 21.3 Å². The minimum absolute atomic E-state index is 0.0143. The summed E-state index contributed by atoms with van der Waals surface area (Å²) in [5.41, 5.74) is 0. The van der Waals surface area contributed by atoms with Crippen LogP contribution in [0.25, 0.3) is 0 Å². The van der Waals surface area contributed by atoms with E-state index >= 15 is 0 Å². The molecule has 9 heteroatoms. The maximum Gasteiger partial charge on any atom is 0.364 e. The van der Waals surface area contributed by atoms with Gasteiger partial charge in [-0.3, -0.25) is 0 Å². The van der Waals surface area contributed by atoms with Crippen LogP contribution >= 0.6 is 11.8 Å². The first-order chi connectivity index (χ1) is 10.1. The zero-order valence-corrected chi connectivity index (χ0v) is 16.2. The lowest BCUT2D eigenvalue weighted by Gasteiger charge is -2.25. The highest BCUT2D eigenvalue weighted by molar-refractivity contribution is 7.99. The monoisotopic (exact) mass is 358 g/mol. The molecule has 0 saturated heterocycles. The van der Waals surface area contributed by atoms with Gasteiger partial charge >= 0.3 is 8.56 Å². The third-order valence-corrected chi connectivity index (χ3v) is 11.3. The van der Waals surface area contributed by atoms with Crippen molar-refractivity contribution in [2.45, 2.75) is 24.9 Å². The average Bonchev–Trinajstić information content (AvgIpc) is 2.55. The lowest BCUT2D eigenvalue weighted by molar-refractivity contribution is 0.196. The van der Waals surface area contributed by atoms with Gasteiger partial charge in [-0.2, -0.15) is 11.8 Å².